The van der Waals surface area contributed by atoms with Gasteiger partial charge in [0.25, 0.3) is 0 Å². The van der Waals surface area contributed by atoms with Crippen molar-refractivity contribution in [2.45, 2.75) is 38.5 Å². The van der Waals surface area contributed by atoms with Gasteiger partial charge in [-0.05, 0) is 223 Å². The molecule has 0 amide bonds. The second-order valence-electron chi connectivity index (χ2n) is 37.2. The molecule has 0 aliphatic heterocycles. The Morgan fingerprint density at radius 3 is 0.957 bits per heavy atom. The number of rotatable bonds is 13. The van der Waals surface area contributed by atoms with Crippen LogP contribution in [0, 0.1) is 6.07 Å². The fourth-order valence-corrected chi connectivity index (χ4v) is 21.3. The molecule has 7 nitrogen and oxygen atoms in total. The molecule has 0 fully saturated rings. The van der Waals surface area contributed by atoms with Crippen molar-refractivity contribution in [2.75, 3.05) is 9.80 Å². The molecule has 5 heterocycles. The van der Waals surface area contributed by atoms with Gasteiger partial charge in [-0.2, -0.15) is 0 Å². The molecule has 0 saturated carbocycles. The number of hydrogen-bond donors (Lipinski definition) is 0. The van der Waals surface area contributed by atoms with Crippen LogP contribution in [0.5, 0.6) is 0 Å². The third-order valence-electron chi connectivity index (χ3n) is 28.3. The van der Waals surface area contributed by atoms with Crippen LogP contribution in [0.1, 0.15) is 49.9 Å². The summed E-state index contributed by atoms with van der Waals surface area (Å²) in [6.45, 7) is 9.31. The molecular formula is C133H96IrN7-. The van der Waals surface area contributed by atoms with Crippen molar-refractivity contribution >= 4 is 121 Å². The van der Waals surface area contributed by atoms with Crippen molar-refractivity contribution in [2.24, 2.45) is 0 Å². The van der Waals surface area contributed by atoms with Crippen LogP contribution in [0.3, 0.4) is 0 Å². The first-order valence-electron chi connectivity index (χ1n) is 48.1. The summed E-state index contributed by atoms with van der Waals surface area (Å²) in [7, 11) is 0. The normalized spacial score (nSPS) is 12.3. The number of anilines is 6. The first kappa shape index (κ1) is 87.8. The van der Waals surface area contributed by atoms with Crippen molar-refractivity contribution < 1.29 is 20.1 Å². The Morgan fingerprint density at radius 2 is 0.560 bits per heavy atom. The first-order valence-corrected chi connectivity index (χ1v) is 48.1. The maximum absolute atomic E-state index is 5.28. The molecule has 25 aromatic rings. The molecule has 0 unspecified atom stereocenters. The Balaban J connectivity index is 0.000000111. The molecule has 5 aromatic heterocycles. The third-order valence-corrected chi connectivity index (χ3v) is 28.3. The van der Waals surface area contributed by atoms with E-state index in [0.717, 1.165) is 89.7 Å². The molecular weight excluding hydrogens is 1890 g/mol. The van der Waals surface area contributed by atoms with Crippen LogP contribution >= 0.6 is 0 Å². The van der Waals surface area contributed by atoms with Gasteiger partial charge in [0.2, 0.25) is 0 Å². The molecule has 8 heteroatoms. The maximum atomic E-state index is 5.28. The van der Waals surface area contributed by atoms with Crippen LogP contribution < -0.4 is 9.80 Å². The van der Waals surface area contributed by atoms with Gasteiger partial charge in [0.1, 0.15) is 0 Å². The van der Waals surface area contributed by atoms with E-state index in [1.807, 2.05) is 42.5 Å². The summed E-state index contributed by atoms with van der Waals surface area (Å²) < 4.78 is 4.72. The van der Waals surface area contributed by atoms with Crippen LogP contribution in [-0.4, -0.2) is 24.1 Å². The van der Waals surface area contributed by atoms with Crippen molar-refractivity contribution in [3.05, 3.63) is 538 Å². The van der Waals surface area contributed by atoms with E-state index in [1.54, 1.807) is 6.20 Å². The van der Waals surface area contributed by atoms with Crippen LogP contribution in [0.2, 0.25) is 0 Å². The van der Waals surface area contributed by atoms with Crippen LogP contribution in [-0.2, 0) is 30.9 Å². The second-order valence-corrected chi connectivity index (χ2v) is 37.2. The van der Waals surface area contributed by atoms with Crippen molar-refractivity contribution in [1.29, 1.82) is 0 Å². The molecule has 27 rings (SSSR count). The fourth-order valence-electron chi connectivity index (χ4n) is 21.3. The van der Waals surface area contributed by atoms with Crippen LogP contribution in [0.4, 0.5) is 34.1 Å². The topological polar surface area (TPSA) is 55.0 Å². The minimum absolute atomic E-state index is 0. The van der Waals surface area contributed by atoms with Crippen molar-refractivity contribution in [1.82, 2.24) is 24.1 Å². The minimum Gasteiger partial charge on any atom is -0.310 e. The average Bonchev–Trinajstić information content (AvgIpc) is 1.61. The molecule has 0 N–H and O–H groups in total. The SMILES string of the molecule is CC1(C)c2ccccc2-c2ccc(-c3ccc4ccc5ccc(-c6ccc7c(c6)C(C)(C)c6ccccc6-7)nc5c4n3)cc21.[Ir].[c-]1ccccc1-c1ccccn1.c1ccc(N(c2ccc(-c3ccc(N(c4ccccc4)c4cccc5ccccc45)cc3)cc2)c2cccc3ccccc23)cc1.c1ccc2c(c1)c1ccccc1n2-c1ccc(-c2ccc(-n3c4ccccc4c4ccccc43)cc2)cc1. The third kappa shape index (κ3) is 16.3. The van der Waals surface area contributed by atoms with E-state index >= 15 is 0 Å². The monoisotopic (exact) mass is 1980 g/mol. The molecule has 141 heavy (non-hydrogen) atoms. The Labute approximate surface area is 834 Å². The summed E-state index contributed by atoms with van der Waals surface area (Å²) >= 11 is 0. The number of fused-ring (bicyclic) bond motifs is 17. The Kier molecular flexibility index (Phi) is 23.2. The average molecular weight is 1980 g/mol. The first-order chi connectivity index (χ1) is 69.0. The Morgan fingerprint density at radius 1 is 0.234 bits per heavy atom. The summed E-state index contributed by atoms with van der Waals surface area (Å²) in [6.07, 6.45) is 1.79. The van der Waals surface area contributed by atoms with E-state index in [1.165, 1.54) is 143 Å². The largest absolute Gasteiger partial charge is 0.310 e. The number of nitrogens with zero attached hydrogens (tertiary/aromatic N) is 7. The number of pyridine rings is 3. The van der Waals surface area contributed by atoms with Crippen LogP contribution in [0.25, 0.3) is 177 Å². The van der Waals surface area contributed by atoms with E-state index in [9.17, 15) is 0 Å². The van der Waals surface area contributed by atoms with Gasteiger partial charge in [-0.15, -0.1) is 35.9 Å². The minimum atomic E-state index is -0.0479. The summed E-state index contributed by atoms with van der Waals surface area (Å²) in [5.41, 5.74) is 37.7. The Hall–Kier alpha value is -17.3. The Bertz CT molecular complexity index is 8320. The van der Waals surface area contributed by atoms with E-state index in [0.29, 0.717) is 0 Å². The summed E-state index contributed by atoms with van der Waals surface area (Å²) in [5, 5.41) is 12.2. The van der Waals surface area contributed by atoms with Gasteiger partial charge in [-0.3, -0.25) is 0 Å². The summed E-state index contributed by atoms with van der Waals surface area (Å²) in [6, 6.07) is 183. The molecule has 1 radical (unpaired) electrons. The quantitative estimate of drug-likeness (QED) is 0.0850. The van der Waals surface area contributed by atoms with Gasteiger partial charge >= 0.3 is 0 Å². The molecule has 2 aliphatic carbocycles. The second kappa shape index (κ2) is 37.3. The van der Waals surface area contributed by atoms with Gasteiger partial charge in [-0.25, -0.2) is 9.97 Å². The summed E-state index contributed by atoms with van der Waals surface area (Å²) in [5.74, 6) is 0. The van der Waals surface area contributed by atoms with E-state index in [4.69, 9.17) is 9.97 Å². The zero-order valence-electron chi connectivity index (χ0n) is 78.5. The van der Waals surface area contributed by atoms with E-state index in [2.05, 4.69) is 519 Å². The predicted octanol–water partition coefficient (Wildman–Crippen LogP) is 35.4. The molecule has 0 spiro atoms. The smallest absolute Gasteiger partial charge is 0.0972 e. The molecule has 20 aromatic carbocycles. The number of para-hydroxylation sites is 6. The van der Waals surface area contributed by atoms with Crippen LogP contribution in [0.15, 0.2) is 510 Å². The number of aromatic nitrogens is 5. The zero-order chi connectivity index (χ0) is 93.8. The van der Waals surface area contributed by atoms with Gasteiger partial charge < -0.3 is 23.9 Å². The molecule has 0 atom stereocenters. The molecule has 673 valence electrons. The molecule has 2 aliphatic rings. The van der Waals surface area contributed by atoms with E-state index < -0.39 is 0 Å². The predicted molar refractivity (Wildman–Crippen MR) is 588 cm³/mol. The van der Waals surface area contributed by atoms with Gasteiger partial charge in [-0.1, -0.05) is 367 Å². The standard InChI is InChI=1S/C44H32N2.C42H32N2.C36H24N2.C11H8N.Ir/c1-3-17-37(18-4-1)45(43-23-11-15-35-13-7-9-21-41(35)43)39-29-25-33(26-30-39)34-27-31-40(32-28-34)46(38-19-5-2-6-20-38)44-24-12-16-36-14-8-10-22-42(36)44;1-41(2)33-11-7-5-9-29(33)31-19-15-27(23-35(31)41)37-21-17-25-13-14-26-18-22-38(44-40(26)39(25)43-37)28-16-20-32-30-10-6-8-12-34(30)42(3,4)36(32)24-28;1-5-13-33-29(9-1)30-10-2-6-14-34(30)37(33)27-21-17-25(18-22-27)26-19-23-28(24-20-26)38-35-15-7-3-11-31(35)32-12-4-8-16-36(32)38;1-2-6-10(7-3-1)11-8-4-5-9-12-11;/h1-32H;5-24H,1-4H3;1-24H;1-6,8-9H;/q;;;-1;. The molecule has 0 bridgehead atoms. The van der Waals surface area contributed by atoms with Gasteiger partial charge in [0, 0.05) is 125 Å². The van der Waals surface area contributed by atoms with Crippen molar-refractivity contribution in [3.8, 4) is 89.7 Å². The summed E-state index contributed by atoms with van der Waals surface area (Å²) in [4.78, 5) is 19.5. The van der Waals surface area contributed by atoms with Gasteiger partial charge in [0.05, 0.1) is 55.9 Å². The molecule has 0 saturated heterocycles. The number of hydrogen-bond acceptors (Lipinski definition) is 5. The zero-order valence-corrected chi connectivity index (χ0v) is 80.9. The van der Waals surface area contributed by atoms with Crippen molar-refractivity contribution in [3.63, 3.8) is 0 Å². The number of benzene rings is 20. The maximum Gasteiger partial charge on any atom is 0.0972 e. The fraction of sp³-hybridized carbons (Fsp3) is 0.0451. The van der Waals surface area contributed by atoms with Gasteiger partial charge in [0.15, 0.2) is 0 Å². The van der Waals surface area contributed by atoms with E-state index in [-0.39, 0.29) is 30.9 Å².